The fraction of sp³-hybridized carbons (Fsp3) is 0.316. The third-order valence-corrected chi connectivity index (χ3v) is 3.73. The van der Waals surface area contributed by atoms with E-state index >= 15 is 0 Å². The monoisotopic (exact) mass is 328 g/mol. The van der Waals surface area contributed by atoms with Crippen LogP contribution in [0.25, 0.3) is 0 Å². The number of ether oxygens (including phenoxy) is 1. The molecule has 2 amide bonds. The second-order valence-electron chi connectivity index (χ2n) is 6.57. The van der Waals surface area contributed by atoms with E-state index in [4.69, 9.17) is 4.74 Å². The normalized spacial score (nSPS) is 11.0. The van der Waals surface area contributed by atoms with Crippen molar-refractivity contribution in [3.05, 3.63) is 53.6 Å². The smallest absolute Gasteiger partial charge is 0.319 e. The van der Waals surface area contributed by atoms with Crippen molar-refractivity contribution < 1.29 is 14.6 Å². The Bertz CT molecular complexity index is 721. The van der Waals surface area contributed by atoms with Crippen LogP contribution in [0.5, 0.6) is 11.5 Å². The molecule has 0 bridgehead atoms. The van der Waals surface area contributed by atoms with Crippen LogP contribution in [0.15, 0.2) is 42.5 Å². The standard InChI is InChI=1S/C19H24N2O3/c1-19(2,3)14-9-5-6-10-15(14)21-18(23)20-12-13-8-7-11-16(24-4)17(13)22/h5-11,22H,12H2,1-4H3,(H2,20,21,23). The van der Waals surface area contributed by atoms with E-state index in [1.54, 1.807) is 18.2 Å². The van der Waals surface area contributed by atoms with E-state index in [1.165, 1.54) is 7.11 Å². The summed E-state index contributed by atoms with van der Waals surface area (Å²) in [6, 6.07) is 12.6. The first kappa shape index (κ1) is 17.7. The van der Waals surface area contributed by atoms with Crippen LogP contribution < -0.4 is 15.4 Å². The van der Waals surface area contributed by atoms with Crippen LogP contribution >= 0.6 is 0 Å². The molecule has 0 aliphatic carbocycles. The maximum absolute atomic E-state index is 12.2. The van der Waals surface area contributed by atoms with Gasteiger partial charge in [0, 0.05) is 17.8 Å². The zero-order chi connectivity index (χ0) is 17.7. The van der Waals surface area contributed by atoms with Crippen molar-refractivity contribution in [3.8, 4) is 11.5 Å². The molecule has 0 fully saturated rings. The van der Waals surface area contributed by atoms with E-state index in [9.17, 15) is 9.90 Å². The SMILES string of the molecule is COc1cccc(CNC(=O)Nc2ccccc2C(C)(C)C)c1O. The van der Waals surface area contributed by atoms with Gasteiger partial charge >= 0.3 is 6.03 Å². The number of anilines is 1. The molecule has 128 valence electrons. The Hall–Kier alpha value is -2.69. The van der Waals surface area contributed by atoms with Gasteiger partial charge in [-0.2, -0.15) is 0 Å². The fourth-order valence-electron chi connectivity index (χ4n) is 2.46. The molecule has 2 aromatic carbocycles. The molecule has 5 heteroatoms. The summed E-state index contributed by atoms with van der Waals surface area (Å²) in [6.45, 7) is 6.49. The van der Waals surface area contributed by atoms with Gasteiger partial charge in [-0.3, -0.25) is 0 Å². The number of rotatable bonds is 4. The Labute approximate surface area is 142 Å². The average Bonchev–Trinajstić information content (AvgIpc) is 2.53. The Morgan fingerprint density at radius 3 is 2.50 bits per heavy atom. The Morgan fingerprint density at radius 2 is 1.83 bits per heavy atom. The number of carbonyl (C=O) groups excluding carboxylic acids is 1. The number of para-hydroxylation sites is 2. The van der Waals surface area contributed by atoms with Crippen molar-refractivity contribution in [1.82, 2.24) is 5.32 Å². The number of urea groups is 1. The van der Waals surface area contributed by atoms with Crippen molar-refractivity contribution >= 4 is 11.7 Å². The molecule has 0 radical (unpaired) electrons. The number of amides is 2. The Morgan fingerprint density at radius 1 is 1.12 bits per heavy atom. The molecule has 0 saturated heterocycles. The first-order valence-electron chi connectivity index (χ1n) is 7.82. The van der Waals surface area contributed by atoms with Crippen molar-refractivity contribution in [2.75, 3.05) is 12.4 Å². The van der Waals surface area contributed by atoms with Gasteiger partial charge in [-0.15, -0.1) is 0 Å². The minimum Gasteiger partial charge on any atom is -0.504 e. The van der Waals surface area contributed by atoms with E-state index < -0.39 is 0 Å². The number of hydrogen-bond acceptors (Lipinski definition) is 3. The van der Waals surface area contributed by atoms with Gasteiger partial charge in [0.1, 0.15) is 0 Å². The zero-order valence-electron chi connectivity index (χ0n) is 14.5. The minimum absolute atomic E-state index is 0.0374. The lowest BCUT2D eigenvalue weighted by molar-refractivity contribution is 0.251. The largest absolute Gasteiger partial charge is 0.504 e. The summed E-state index contributed by atoms with van der Waals surface area (Å²) in [5, 5.41) is 15.7. The molecule has 0 aliphatic heterocycles. The molecule has 2 rings (SSSR count). The van der Waals surface area contributed by atoms with E-state index in [2.05, 4.69) is 31.4 Å². The van der Waals surface area contributed by atoms with Gasteiger partial charge in [0.25, 0.3) is 0 Å². The molecular formula is C19H24N2O3. The molecule has 2 aromatic rings. The first-order valence-corrected chi connectivity index (χ1v) is 7.82. The van der Waals surface area contributed by atoms with Crippen molar-refractivity contribution in [2.24, 2.45) is 0 Å². The molecule has 0 spiro atoms. The molecule has 5 nitrogen and oxygen atoms in total. The van der Waals surface area contributed by atoms with Crippen LogP contribution in [-0.4, -0.2) is 18.2 Å². The molecule has 0 heterocycles. The van der Waals surface area contributed by atoms with Crippen LogP contribution in [0.4, 0.5) is 10.5 Å². The topological polar surface area (TPSA) is 70.6 Å². The summed E-state index contributed by atoms with van der Waals surface area (Å²) < 4.78 is 5.06. The van der Waals surface area contributed by atoms with E-state index in [0.29, 0.717) is 11.3 Å². The van der Waals surface area contributed by atoms with Gasteiger partial charge in [0.2, 0.25) is 0 Å². The summed E-state index contributed by atoms with van der Waals surface area (Å²) in [4.78, 5) is 12.2. The molecular weight excluding hydrogens is 304 g/mol. The Balaban J connectivity index is 2.05. The highest BCUT2D eigenvalue weighted by molar-refractivity contribution is 5.90. The Kier molecular flexibility index (Phi) is 5.34. The average molecular weight is 328 g/mol. The molecule has 0 aliphatic rings. The van der Waals surface area contributed by atoms with Crippen LogP contribution in [0.1, 0.15) is 31.9 Å². The van der Waals surface area contributed by atoms with Gasteiger partial charge in [0.05, 0.1) is 7.11 Å². The van der Waals surface area contributed by atoms with Crippen LogP contribution in [0.2, 0.25) is 0 Å². The summed E-state index contributed by atoms with van der Waals surface area (Å²) in [5.74, 6) is 0.420. The number of phenolic OH excluding ortho intramolecular Hbond substituents is 1. The number of nitrogens with one attached hydrogen (secondary N) is 2. The lowest BCUT2D eigenvalue weighted by Crippen LogP contribution is -2.29. The quantitative estimate of drug-likeness (QED) is 0.794. The van der Waals surface area contributed by atoms with Crippen molar-refractivity contribution in [3.63, 3.8) is 0 Å². The number of methoxy groups -OCH3 is 1. The van der Waals surface area contributed by atoms with Crippen LogP contribution in [0.3, 0.4) is 0 Å². The zero-order valence-corrected chi connectivity index (χ0v) is 14.5. The molecule has 0 atom stereocenters. The predicted molar refractivity (Wildman–Crippen MR) is 95.7 cm³/mol. The molecule has 0 unspecified atom stereocenters. The van der Waals surface area contributed by atoms with Crippen molar-refractivity contribution in [2.45, 2.75) is 32.7 Å². The molecule has 0 saturated carbocycles. The number of carbonyl (C=O) groups is 1. The fourth-order valence-corrected chi connectivity index (χ4v) is 2.46. The lowest BCUT2D eigenvalue weighted by Gasteiger charge is -2.23. The third kappa shape index (κ3) is 4.19. The second kappa shape index (κ2) is 7.25. The summed E-state index contributed by atoms with van der Waals surface area (Å²) >= 11 is 0. The molecule has 24 heavy (non-hydrogen) atoms. The van der Waals surface area contributed by atoms with Gasteiger partial charge in [-0.1, -0.05) is 51.1 Å². The van der Waals surface area contributed by atoms with Gasteiger partial charge in [0.15, 0.2) is 11.5 Å². The van der Waals surface area contributed by atoms with Crippen LogP contribution in [-0.2, 0) is 12.0 Å². The van der Waals surface area contributed by atoms with Crippen LogP contribution in [0, 0.1) is 0 Å². The number of hydrogen-bond donors (Lipinski definition) is 3. The van der Waals surface area contributed by atoms with Gasteiger partial charge in [-0.25, -0.2) is 4.79 Å². The van der Waals surface area contributed by atoms with E-state index in [1.807, 2.05) is 24.3 Å². The summed E-state index contributed by atoms with van der Waals surface area (Å²) in [7, 11) is 1.49. The predicted octanol–water partition coefficient (Wildman–Crippen LogP) is 4.02. The lowest BCUT2D eigenvalue weighted by atomic mass is 9.86. The minimum atomic E-state index is -0.325. The maximum Gasteiger partial charge on any atom is 0.319 e. The highest BCUT2D eigenvalue weighted by Crippen LogP contribution is 2.30. The highest BCUT2D eigenvalue weighted by Gasteiger charge is 2.18. The molecule has 3 N–H and O–H groups in total. The number of benzene rings is 2. The van der Waals surface area contributed by atoms with E-state index in [-0.39, 0.29) is 23.7 Å². The molecule has 0 aromatic heterocycles. The summed E-state index contributed by atoms with van der Waals surface area (Å²) in [6.07, 6.45) is 0. The van der Waals surface area contributed by atoms with Gasteiger partial charge in [-0.05, 0) is 23.1 Å². The van der Waals surface area contributed by atoms with E-state index in [0.717, 1.165) is 11.3 Å². The van der Waals surface area contributed by atoms with Crippen molar-refractivity contribution in [1.29, 1.82) is 0 Å². The number of phenols is 1. The highest BCUT2D eigenvalue weighted by atomic mass is 16.5. The second-order valence-corrected chi connectivity index (χ2v) is 6.57. The number of aromatic hydroxyl groups is 1. The first-order chi connectivity index (χ1) is 11.3. The third-order valence-electron chi connectivity index (χ3n) is 3.73. The van der Waals surface area contributed by atoms with Gasteiger partial charge < -0.3 is 20.5 Å². The maximum atomic E-state index is 12.2. The summed E-state index contributed by atoms with van der Waals surface area (Å²) in [5.41, 5.74) is 2.35.